The van der Waals surface area contributed by atoms with Gasteiger partial charge >= 0.3 is 7.60 Å². The summed E-state index contributed by atoms with van der Waals surface area (Å²) in [5.41, 5.74) is -1.97. The average molecular weight is 1690 g/mol. The van der Waals surface area contributed by atoms with Gasteiger partial charge in [0.15, 0.2) is 18.9 Å². The zero-order valence-electron chi connectivity index (χ0n) is 68.8. The van der Waals surface area contributed by atoms with Gasteiger partial charge in [0.2, 0.25) is 35.4 Å². The van der Waals surface area contributed by atoms with E-state index in [2.05, 4.69) is 31.9 Å². The molecule has 0 bridgehead atoms. The lowest BCUT2D eigenvalue weighted by atomic mass is 9.92. The Morgan fingerprint density at radius 3 is 1.13 bits per heavy atom. The first-order valence-electron chi connectivity index (χ1n) is 41.5. The molecule has 3 aliphatic heterocycles. The summed E-state index contributed by atoms with van der Waals surface area (Å²) in [5.74, 6) is -3.06. The fourth-order valence-electron chi connectivity index (χ4n) is 12.9. The third-order valence-corrected chi connectivity index (χ3v) is 21.9. The summed E-state index contributed by atoms with van der Waals surface area (Å²) in [6.07, 6.45) is -3.62. The van der Waals surface area contributed by atoms with E-state index in [-0.39, 0.29) is 184 Å². The molecule has 672 valence electrons. The third-order valence-electron chi connectivity index (χ3n) is 20.0. The number of carbonyl (C=O) groups is 10. The quantitative estimate of drug-likeness (QED) is 0.0296. The first-order valence-corrected chi connectivity index (χ1v) is 43.2. The van der Waals surface area contributed by atoms with E-state index < -0.39 is 148 Å². The van der Waals surface area contributed by atoms with Gasteiger partial charge in [0.1, 0.15) is 89.6 Å². The molecule has 0 radical (unpaired) electrons. The predicted octanol–water partition coefficient (Wildman–Crippen LogP) is 0.842. The van der Waals surface area contributed by atoms with Crippen LogP contribution in [0.25, 0.3) is 0 Å². The number of hydrogen-bond donors (Lipinski definition) is 16. The van der Waals surface area contributed by atoms with Crippen molar-refractivity contribution in [3.8, 4) is 0 Å². The molecule has 0 saturated carbocycles. The molecule has 3 saturated heterocycles. The Morgan fingerprint density at radius 2 is 0.707 bits per heavy atom. The van der Waals surface area contributed by atoms with Gasteiger partial charge in [-0.15, -0.1) is 0 Å². The van der Waals surface area contributed by atoms with Gasteiger partial charge in [-0.25, -0.2) is 0 Å². The van der Waals surface area contributed by atoms with Crippen molar-refractivity contribution < 1.29 is 151 Å². The number of aliphatic hydroxyl groups is 9. The van der Waals surface area contributed by atoms with Crippen LogP contribution in [0.2, 0.25) is 0 Å². The molecule has 3 rings (SSSR count). The van der Waals surface area contributed by atoms with Crippen molar-refractivity contribution in [1.82, 2.24) is 31.9 Å². The van der Waals surface area contributed by atoms with Gasteiger partial charge in [0.05, 0.1) is 77.8 Å². The second kappa shape index (κ2) is 60.4. The number of amides is 6. The molecule has 17 atom stereocenters. The van der Waals surface area contributed by atoms with Crippen LogP contribution in [-0.4, -0.2) is 312 Å². The van der Waals surface area contributed by atoms with Crippen LogP contribution < -0.4 is 31.9 Å². The molecule has 3 fully saturated rings. The van der Waals surface area contributed by atoms with E-state index >= 15 is 0 Å². The van der Waals surface area contributed by atoms with Crippen LogP contribution in [0, 0.1) is 5.92 Å². The fourth-order valence-corrected chi connectivity index (χ4v) is 13.6. The lowest BCUT2D eigenvalue weighted by Gasteiger charge is -2.42. The maximum absolute atomic E-state index is 14.0. The molecule has 8 unspecified atom stereocenters. The maximum atomic E-state index is 14.0. The van der Waals surface area contributed by atoms with Crippen molar-refractivity contribution in [1.29, 1.82) is 0 Å². The van der Waals surface area contributed by atoms with Gasteiger partial charge in [0, 0.05) is 136 Å². The topological polar surface area (TPSA) is 555 Å². The number of nitrogens with one attached hydrogen (secondary N) is 6. The minimum atomic E-state index is -3.66. The molecule has 38 heteroatoms. The monoisotopic (exact) mass is 1690 g/mol. The Kier molecular flexibility index (Phi) is 54.8. The Balaban J connectivity index is 1.58. The molecular weight excluding hydrogens is 1550 g/mol. The Hall–Kier alpha value is -5.07. The highest BCUT2D eigenvalue weighted by Gasteiger charge is 2.47. The number of ether oxygens (including phenoxy) is 9. The predicted molar refractivity (Wildman–Crippen MR) is 417 cm³/mol. The van der Waals surface area contributed by atoms with Gasteiger partial charge in [0.25, 0.3) is 0 Å². The van der Waals surface area contributed by atoms with Gasteiger partial charge in [-0.3, -0.25) is 52.5 Å². The molecule has 3 aliphatic rings. The van der Waals surface area contributed by atoms with Crippen LogP contribution in [0.3, 0.4) is 0 Å². The Labute approximate surface area is 681 Å². The third kappa shape index (κ3) is 43.9. The molecule has 6 amide bonds. The van der Waals surface area contributed by atoms with Crippen LogP contribution in [-0.2, 0) is 99.7 Å². The molecule has 3 heterocycles. The lowest BCUT2D eigenvalue weighted by molar-refractivity contribution is -0.282. The van der Waals surface area contributed by atoms with E-state index in [1.165, 1.54) is 13.8 Å². The average Bonchev–Trinajstić information content (AvgIpc) is 0.789. The highest BCUT2D eigenvalue weighted by Crippen LogP contribution is 2.47. The van der Waals surface area contributed by atoms with Crippen molar-refractivity contribution >= 4 is 66.2 Å². The van der Waals surface area contributed by atoms with Crippen LogP contribution >= 0.6 is 7.60 Å². The first kappa shape index (κ1) is 105. The summed E-state index contributed by atoms with van der Waals surface area (Å²) in [6.45, 7) is 6.01. The summed E-state index contributed by atoms with van der Waals surface area (Å²) >= 11 is 0. The van der Waals surface area contributed by atoms with Crippen molar-refractivity contribution in [2.45, 2.75) is 324 Å². The molecule has 116 heavy (non-hydrogen) atoms. The van der Waals surface area contributed by atoms with E-state index in [1.54, 1.807) is 20.8 Å². The smallest absolute Gasteiger partial charge is 0.330 e. The largest absolute Gasteiger partial charge is 0.394 e. The number of ketones is 4. The summed E-state index contributed by atoms with van der Waals surface area (Å²) in [5, 5.41) is 107. The molecule has 0 aliphatic carbocycles. The van der Waals surface area contributed by atoms with E-state index in [1.807, 2.05) is 0 Å². The summed E-state index contributed by atoms with van der Waals surface area (Å²) < 4.78 is 69.6. The number of Topliss-reactive ketones (excluding diaryl/α,β-unsaturated/α-hetero) is 4. The van der Waals surface area contributed by atoms with Gasteiger partial charge in [-0.05, 0) is 89.9 Å². The summed E-state index contributed by atoms with van der Waals surface area (Å²) in [4.78, 5) is 138. The van der Waals surface area contributed by atoms with Crippen molar-refractivity contribution in [2.24, 2.45) is 5.92 Å². The second-order valence-corrected chi connectivity index (χ2v) is 33.0. The number of rotatable bonds is 68. The Morgan fingerprint density at radius 1 is 0.379 bits per heavy atom. The van der Waals surface area contributed by atoms with Gasteiger partial charge < -0.3 is 130 Å². The molecule has 0 aromatic heterocycles. The lowest BCUT2D eigenvalue weighted by Crippen LogP contribution is -2.64. The number of aliphatic hydroxyl groups excluding tert-OH is 9. The minimum absolute atomic E-state index is 0.00525. The number of hydrogen-bond acceptors (Lipinski definition) is 30. The van der Waals surface area contributed by atoms with Crippen LogP contribution in [0.5, 0.6) is 0 Å². The van der Waals surface area contributed by atoms with E-state index in [9.17, 15) is 103 Å². The van der Waals surface area contributed by atoms with Crippen molar-refractivity contribution in [3.05, 3.63) is 0 Å². The van der Waals surface area contributed by atoms with Gasteiger partial charge in [-0.2, -0.15) is 0 Å². The molecule has 16 N–H and O–H groups in total. The van der Waals surface area contributed by atoms with Gasteiger partial charge in [-0.1, -0.05) is 46.5 Å². The second-order valence-electron chi connectivity index (χ2n) is 30.6. The molecular formula is C78H139N6O31P. The van der Waals surface area contributed by atoms with E-state index in [0.29, 0.717) is 122 Å². The fraction of sp³-hybridized carbons (Fsp3) is 0.872. The summed E-state index contributed by atoms with van der Waals surface area (Å²) in [6, 6.07) is -2.18. The highest BCUT2D eigenvalue weighted by atomic mass is 31.2. The van der Waals surface area contributed by atoms with E-state index in [4.69, 9.17) is 47.2 Å². The SMILES string of the molecule is CC(=O)N[C@H]1C(O)[C@@H](O)C(CO)O[C@H]1OCCCCC(=O)CCCCCC(=O)CCOCC(COCCC(=O)CCCCCC(=O)CCCCO[C@@H]1OC(CO)[C@H](O)C(O)[C@@H]1C)(COCCC(=O)NCCCNC(=O)CCCCO[C@@H]1OC(CO)[C@H](O)C(O)[C@@H]1NC(C)=O)NC(=O)CCCC(=O)NCCCCCCOP(=O)(O)C(C)C. The van der Waals surface area contributed by atoms with Crippen molar-refractivity contribution in [2.75, 3.05) is 106 Å². The van der Waals surface area contributed by atoms with Crippen LogP contribution in [0.4, 0.5) is 0 Å². The normalized spacial score (nSPS) is 24.5. The number of unbranched alkanes of at least 4 members (excludes halogenated alkanes) is 10. The standard InChI is InChI=1S/C78H139N6O31P/c1-52(2)116(104,105)112-42-18-7-6-17-36-79-64(95)31-22-32-66(97)84-78(49-106-43-33-58(92)26-12-8-10-24-56(90)28-14-19-39-109-75-53(3)69(98)70(99)60(46-85)113-75,50-107-44-34-59(93)27-13-9-11-25-57(91)29-15-20-40-110-76-67(82-54(4)88)73(102)71(100)61(47-86)114-76)51-108-45-35-65(96)81-38-23-37-80-63(94)30-16-21-41-111-77-68(83-55(5)89)74(103)72(101)62(48-87)115-77/h52-53,60-62,67-77,85-87,98-103H,6-51H2,1-5H3,(H,79,95)(H,80,94)(H,81,96)(H,82,88)(H,83,89)(H,84,97)(H,104,105)/t53-,60?,61?,62?,67-,68-,69?,70-,71-,72-,73?,74?,75+,76+,77+,78?/m0/s1. The minimum Gasteiger partial charge on any atom is -0.394 e. The molecule has 0 aromatic carbocycles. The van der Waals surface area contributed by atoms with Crippen molar-refractivity contribution in [3.63, 3.8) is 0 Å². The molecule has 0 spiro atoms. The zero-order chi connectivity index (χ0) is 85.9. The van der Waals surface area contributed by atoms with E-state index in [0.717, 1.165) is 12.8 Å². The molecule has 37 nitrogen and oxygen atoms in total. The van der Waals surface area contributed by atoms with Crippen LogP contribution in [0.15, 0.2) is 0 Å². The highest BCUT2D eigenvalue weighted by molar-refractivity contribution is 7.53. The summed E-state index contributed by atoms with van der Waals surface area (Å²) in [7, 11) is -3.66. The molecule has 0 aromatic rings. The number of carbonyl (C=O) groups excluding carboxylic acids is 10. The zero-order valence-corrected chi connectivity index (χ0v) is 69.7. The first-order chi connectivity index (χ1) is 55.4. The Bertz CT molecular complexity index is 2790. The van der Waals surface area contributed by atoms with Crippen LogP contribution in [0.1, 0.15) is 227 Å². The maximum Gasteiger partial charge on any atom is 0.330 e.